The Hall–Kier alpha value is -1.66. The number of nitrogens with zero attached hydrogens (tertiary/aromatic N) is 2. The van der Waals surface area contributed by atoms with Crippen molar-refractivity contribution in [1.82, 2.24) is 15.5 Å². The van der Waals surface area contributed by atoms with Gasteiger partial charge in [-0.25, -0.2) is 4.99 Å². The van der Waals surface area contributed by atoms with Crippen molar-refractivity contribution in [1.29, 1.82) is 0 Å². The molecule has 2 rings (SSSR count). The quantitative estimate of drug-likeness (QED) is 0.276. The molecule has 1 aromatic carbocycles. The van der Waals surface area contributed by atoms with E-state index in [0.717, 1.165) is 50.1 Å². The largest absolute Gasteiger partial charge is 0.497 e. The normalized spacial score (nSPS) is 17.2. The standard InChI is InChI=1S/C19H28N4O2.HI/c1-5-8-21-19(20-6-2)22-16-7-9-23(14-16)13-15-10-17(24-3)12-18(11-15)25-4;/h1,10-12,16H,6-9,13-14H2,2-4H3,(H2,20,21,22);1H. The number of hydrogen-bond acceptors (Lipinski definition) is 4. The summed E-state index contributed by atoms with van der Waals surface area (Å²) >= 11 is 0. The number of rotatable bonds is 7. The minimum Gasteiger partial charge on any atom is -0.497 e. The van der Waals surface area contributed by atoms with E-state index in [1.807, 2.05) is 13.0 Å². The van der Waals surface area contributed by atoms with Crippen LogP contribution in [-0.4, -0.2) is 57.3 Å². The van der Waals surface area contributed by atoms with Gasteiger partial charge < -0.3 is 20.1 Å². The molecule has 7 heteroatoms. The highest BCUT2D eigenvalue weighted by Gasteiger charge is 2.23. The Morgan fingerprint density at radius 3 is 2.58 bits per heavy atom. The number of methoxy groups -OCH3 is 2. The monoisotopic (exact) mass is 472 g/mol. The second-order valence-corrected chi connectivity index (χ2v) is 5.99. The van der Waals surface area contributed by atoms with Gasteiger partial charge >= 0.3 is 0 Å². The molecule has 6 nitrogen and oxygen atoms in total. The Bertz CT molecular complexity index is 608. The molecule has 1 aliphatic rings. The van der Waals surface area contributed by atoms with Crippen LogP contribution < -0.4 is 20.1 Å². The molecule has 0 amide bonds. The fraction of sp³-hybridized carbons (Fsp3) is 0.526. The minimum atomic E-state index is 0. The lowest BCUT2D eigenvalue weighted by Gasteiger charge is -2.19. The predicted molar refractivity (Wildman–Crippen MR) is 117 cm³/mol. The van der Waals surface area contributed by atoms with Crippen molar-refractivity contribution < 1.29 is 9.47 Å². The Morgan fingerprint density at radius 1 is 1.31 bits per heavy atom. The first-order valence-electron chi connectivity index (χ1n) is 8.61. The molecular weight excluding hydrogens is 443 g/mol. The third-order valence-corrected chi connectivity index (χ3v) is 4.10. The molecule has 1 saturated heterocycles. The third kappa shape index (κ3) is 6.92. The van der Waals surface area contributed by atoms with Crippen molar-refractivity contribution in [3.8, 4) is 23.8 Å². The zero-order valence-electron chi connectivity index (χ0n) is 15.7. The topological polar surface area (TPSA) is 58.1 Å². The average Bonchev–Trinajstić information content (AvgIpc) is 3.06. The number of nitrogens with one attached hydrogen (secondary N) is 2. The maximum Gasteiger partial charge on any atom is 0.192 e. The van der Waals surface area contributed by atoms with E-state index in [1.165, 1.54) is 5.56 Å². The lowest BCUT2D eigenvalue weighted by atomic mass is 10.2. The predicted octanol–water partition coefficient (Wildman–Crippen LogP) is 2.08. The fourth-order valence-electron chi connectivity index (χ4n) is 2.95. The van der Waals surface area contributed by atoms with Crippen molar-refractivity contribution in [3.05, 3.63) is 23.8 Å². The van der Waals surface area contributed by atoms with Gasteiger partial charge in [-0.15, -0.1) is 30.4 Å². The van der Waals surface area contributed by atoms with Gasteiger partial charge in [0.2, 0.25) is 0 Å². The molecular formula is C19H29IN4O2. The van der Waals surface area contributed by atoms with E-state index in [4.69, 9.17) is 15.9 Å². The maximum absolute atomic E-state index is 5.35. The smallest absolute Gasteiger partial charge is 0.192 e. The SMILES string of the molecule is C#CCN=C(NCC)NC1CCN(Cc2cc(OC)cc(OC)c2)C1.I. The first-order valence-corrected chi connectivity index (χ1v) is 8.61. The number of likely N-dealkylation sites (tertiary alicyclic amines) is 1. The molecule has 0 spiro atoms. The fourth-order valence-corrected chi connectivity index (χ4v) is 2.95. The summed E-state index contributed by atoms with van der Waals surface area (Å²) in [6.45, 7) is 6.10. The van der Waals surface area contributed by atoms with E-state index in [2.05, 4.69) is 38.6 Å². The molecule has 0 aromatic heterocycles. The van der Waals surface area contributed by atoms with Gasteiger partial charge in [-0.2, -0.15) is 0 Å². The van der Waals surface area contributed by atoms with Gasteiger partial charge in [-0.1, -0.05) is 5.92 Å². The summed E-state index contributed by atoms with van der Waals surface area (Å²) in [7, 11) is 3.35. The van der Waals surface area contributed by atoms with Crippen LogP contribution in [0.1, 0.15) is 18.9 Å². The van der Waals surface area contributed by atoms with Crippen molar-refractivity contribution in [2.24, 2.45) is 4.99 Å². The zero-order valence-corrected chi connectivity index (χ0v) is 18.1. The van der Waals surface area contributed by atoms with Gasteiger partial charge in [0.25, 0.3) is 0 Å². The van der Waals surface area contributed by atoms with Gasteiger partial charge in [0.15, 0.2) is 5.96 Å². The number of hydrogen-bond donors (Lipinski definition) is 2. The van der Waals surface area contributed by atoms with Gasteiger partial charge in [0, 0.05) is 38.3 Å². The minimum absolute atomic E-state index is 0. The zero-order chi connectivity index (χ0) is 18.1. The van der Waals surface area contributed by atoms with Crippen LogP contribution in [0.5, 0.6) is 11.5 Å². The van der Waals surface area contributed by atoms with Crippen LogP contribution in [0.4, 0.5) is 0 Å². The van der Waals surface area contributed by atoms with E-state index >= 15 is 0 Å². The lowest BCUT2D eigenvalue weighted by Crippen LogP contribution is -2.44. The van der Waals surface area contributed by atoms with Crippen molar-refractivity contribution in [2.75, 3.05) is 40.4 Å². The number of terminal acetylenes is 1. The molecule has 0 saturated carbocycles. The second-order valence-electron chi connectivity index (χ2n) is 5.99. The Kier molecular flexibility index (Phi) is 10.2. The number of guanidine groups is 1. The lowest BCUT2D eigenvalue weighted by molar-refractivity contribution is 0.321. The number of halogens is 1. The van der Waals surface area contributed by atoms with Crippen molar-refractivity contribution in [2.45, 2.75) is 25.9 Å². The Labute approximate surface area is 173 Å². The molecule has 0 bridgehead atoms. The summed E-state index contributed by atoms with van der Waals surface area (Å²) in [5.74, 6) is 4.97. The second kappa shape index (κ2) is 11.9. The highest BCUT2D eigenvalue weighted by atomic mass is 127. The van der Waals surface area contributed by atoms with Crippen LogP contribution in [0, 0.1) is 12.3 Å². The van der Waals surface area contributed by atoms with Gasteiger partial charge in [0.05, 0.1) is 14.2 Å². The number of benzene rings is 1. The van der Waals surface area contributed by atoms with Crippen LogP contribution in [0.2, 0.25) is 0 Å². The van der Waals surface area contributed by atoms with E-state index in [-0.39, 0.29) is 24.0 Å². The summed E-state index contributed by atoms with van der Waals surface area (Å²) < 4.78 is 10.7. The molecule has 1 heterocycles. The highest BCUT2D eigenvalue weighted by molar-refractivity contribution is 14.0. The van der Waals surface area contributed by atoms with E-state index < -0.39 is 0 Å². The van der Waals surface area contributed by atoms with E-state index in [9.17, 15) is 0 Å². The molecule has 2 N–H and O–H groups in total. The molecule has 0 radical (unpaired) electrons. The molecule has 1 aromatic rings. The first-order chi connectivity index (χ1) is 12.2. The van der Waals surface area contributed by atoms with E-state index in [1.54, 1.807) is 14.2 Å². The number of aliphatic imine (C=N–C) groups is 1. The van der Waals surface area contributed by atoms with Crippen LogP contribution in [0.25, 0.3) is 0 Å². The van der Waals surface area contributed by atoms with Crippen LogP contribution in [-0.2, 0) is 6.54 Å². The summed E-state index contributed by atoms with van der Waals surface area (Å²) in [5.41, 5.74) is 1.18. The molecule has 1 fully saturated rings. The Balaban J connectivity index is 0.00000338. The molecule has 144 valence electrons. The van der Waals surface area contributed by atoms with Crippen molar-refractivity contribution in [3.63, 3.8) is 0 Å². The third-order valence-electron chi connectivity index (χ3n) is 4.10. The maximum atomic E-state index is 5.35. The summed E-state index contributed by atoms with van der Waals surface area (Å²) in [4.78, 5) is 6.77. The van der Waals surface area contributed by atoms with Crippen LogP contribution >= 0.6 is 24.0 Å². The molecule has 1 unspecified atom stereocenters. The summed E-state index contributed by atoms with van der Waals surface area (Å²) in [5, 5.41) is 6.70. The number of ether oxygens (including phenoxy) is 2. The molecule has 1 aliphatic heterocycles. The first kappa shape index (κ1) is 22.4. The highest BCUT2D eigenvalue weighted by Crippen LogP contribution is 2.24. The van der Waals surface area contributed by atoms with Crippen molar-refractivity contribution >= 4 is 29.9 Å². The Morgan fingerprint density at radius 2 is 2.00 bits per heavy atom. The van der Waals surface area contributed by atoms with Crippen LogP contribution in [0.3, 0.4) is 0 Å². The van der Waals surface area contributed by atoms with Gasteiger partial charge in [-0.3, -0.25) is 4.90 Å². The molecule has 0 aliphatic carbocycles. The van der Waals surface area contributed by atoms with Gasteiger partial charge in [0.1, 0.15) is 18.0 Å². The molecule has 1 atom stereocenters. The average molecular weight is 472 g/mol. The summed E-state index contributed by atoms with van der Waals surface area (Å²) in [6, 6.07) is 6.37. The summed E-state index contributed by atoms with van der Waals surface area (Å²) in [6.07, 6.45) is 6.37. The van der Waals surface area contributed by atoms with Crippen LogP contribution in [0.15, 0.2) is 23.2 Å². The van der Waals surface area contributed by atoms with E-state index in [0.29, 0.717) is 12.6 Å². The van der Waals surface area contributed by atoms with Gasteiger partial charge in [-0.05, 0) is 31.0 Å². The molecule has 26 heavy (non-hydrogen) atoms.